The van der Waals surface area contributed by atoms with Crippen LogP contribution in [-0.4, -0.2) is 27.8 Å². The highest BCUT2D eigenvalue weighted by Gasteiger charge is 2.41. The lowest BCUT2D eigenvalue weighted by Crippen LogP contribution is -2.30. The van der Waals surface area contributed by atoms with Crippen molar-refractivity contribution in [1.29, 1.82) is 0 Å². The van der Waals surface area contributed by atoms with Gasteiger partial charge in [0, 0.05) is 17.9 Å². The van der Waals surface area contributed by atoms with Gasteiger partial charge in [-0.15, -0.1) is 0 Å². The number of aliphatic carboxylic acids is 1. The molecule has 0 bridgehead atoms. The van der Waals surface area contributed by atoms with Crippen LogP contribution in [-0.2, 0) is 20.9 Å². The number of imide groups is 1. The minimum atomic E-state index is -1.00. The molecule has 2 rings (SSSR count). The minimum Gasteiger partial charge on any atom is -0.478 e. The molecule has 1 aromatic rings. The molecule has 0 saturated carbocycles. The van der Waals surface area contributed by atoms with Crippen molar-refractivity contribution >= 4 is 23.9 Å². The number of carboxylic acid groups (broad SMARTS) is 1. The van der Waals surface area contributed by atoms with Gasteiger partial charge in [-0.2, -0.15) is 0 Å². The Morgan fingerprint density at radius 1 is 1.14 bits per heavy atom. The predicted octanol–water partition coefficient (Wildman–Crippen LogP) is 1.93. The highest BCUT2D eigenvalue weighted by Crippen LogP contribution is 2.26. The highest BCUT2D eigenvalue weighted by atomic mass is 16.4. The zero-order valence-corrected chi connectivity index (χ0v) is 11.9. The summed E-state index contributed by atoms with van der Waals surface area (Å²) in [4.78, 5) is 35.7. The third-order valence-corrected chi connectivity index (χ3v) is 3.80. The summed E-state index contributed by atoms with van der Waals surface area (Å²) in [6.45, 7) is 3.80. The maximum absolute atomic E-state index is 12.0. The Morgan fingerprint density at radius 2 is 1.67 bits per heavy atom. The molecule has 0 aliphatic carbocycles. The number of hydrogen-bond donors (Lipinski definition) is 1. The molecule has 2 unspecified atom stereocenters. The molecular weight excluding hydrogens is 270 g/mol. The molecular formula is C16H17NO4. The first kappa shape index (κ1) is 15.0. The van der Waals surface area contributed by atoms with E-state index in [2.05, 4.69) is 0 Å². The van der Waals surface area contributed by atoms with Crippen LogP contribution in [0.15, 0.2) is 30.3 Å². The Balaban J connectivity index is 2.09. The van der Waals surface area contributed by atoms with E-state index in [4.69, 9.17) is 5.11 Å². The number of nitrogens with zero attached hydrogens (tertiary/aromatic N) is 1. The van der Waals surface area contributed by atoms with Crippen LogP contribution in [0.1, 0.15) is 25.0 Å². The Hall–Kier alpha value is -2.43. The Labute approximate surface area is 122 Å². The molecule has 0 aromatic heterocycles. The fourth-order valence-electron chi connectivity index (χ4n) is 2.27. The molecule has 1 aliphatic rings. The van der Waals surface area contributed by atoms with Crippen LogP contribution in [0, 0.1) is 11.8 Å². The Kier molecular flexibility index (Phi) is 4.21. The monoisotopic (exact) mass is 287 g/mol. The number of amides is 2. The van der Waals surface area contributed by atoms with E-state index in [1.165, 1.54) is 11.0 Å². The van der Waals surface area contributed by atoms with Crippen LogP contribution in [0.5, 0.6) is 0 Å². The second-order valence-corrected chi connectivity index (χ2v) is 5.25. The first-order valence-corrected chi connectivity index (χ1v) is 6.75. The van der Waals surface area contributed by atoms with Crippen molar-refractivity contribution in [1.82, 2.24) is 4.90 Å². The van der Waals surface area contributed by atoms with Crippen LogP contribution in [0.4, 0.5) is 0 Å². The van der Waals surface area contributed by atoms with Gasteiger partial charge in [-0.3, -0.25) is 14.5 Å². The summed E-state index contributed by atoms with van der Waals surface area (Å²) >= 11 is 0. The number of carbonyl (C=O) groups excluding carboxylic acids is 2. The molecule has 1 heterocycles. The highest BCUT2D eigenvalue weighted by molar-refractivity contribution is 6.04. The molecule has 1 fully saturated rings. The summed E-state index contributed by atoms with van der Waals surface area (Å²) in [6.07, 6.45) is 2.55. The maximum atomic E-state index is 12.0. The molecule has 0 spiro atoms. The van der Waals surface area contributed by atoms with E-state index in [1.807, 2.05) is 0 Å². The number of carbonyl (C=O) groups is 3. The van der Waals surface area contributed by atoms with Crippen molar-refractivity contribution in [3.8, 4) is 0 Å². The van der Waals surface area contributed by atoms with Gasteiger partial charge in [0.2, 0.25) is 11.8 Å². The van der Waals surface area contributed by atoms with Gasteiger partial charge in [0.25, 0.3) is 0 Å². The maximum Gasteiger partial charge on any atom is 0.328 e. The molecule has 1 aromatic carbocycles. The SMILES string of the molecule is CC1C(=O)N(Cc2ccc(C=CC(=O)O)cc2)C(=O)C1C. The van der Waals surface area contributed by atoms with E-state index in [9.17, 15) is 14.4 Å². The summed E-state index contributed by atoms with van der Waals surface area (Å²) in [5.41, 5.74) is 1.59. The number of benzene rings is 1. The molecule has 21 heavy (non-hydrogen) atoms. The molecule has 2 atom stereocenters. The zero-order valence-electron chi connectivity index (χ0n) is 11.9. The topological polar surface area (TPSA) is 74.7 Å². The van der Waals surface area contributed by atoms with Gasteiger partial charge in [-0.05, 0) is 17.2 Å². The number of likely N-dealkylation sites (tertiary alicyclic amines) is 1. The summed E-state index contributed by atoms with van der Waals surface area (Å²) in [7, 11) is 0. The third kappa shape index (κ3) is 3.18. The van der Waals surface area contributed by atoms with Gasteiger partial charge in [0.1, 0.15) is 0 Å². The Morgan fingerprint density at radius 3 is 2.14 bits per heavy atom. The van der Waals surface area contributed by atoms with Gasteiger partial charge in [-0.25, -0.2) is 4.79 Å². The average Bonchev–Trinajstić information content (AvgIpc) is 2.64. The van der Waals surface area contributed by atoms with E-state index in [0.29, 0.717) is 0 Å². The van der Waals surface area contributed by atoms with Gasteiger partial charge in [-0.1, -0.05) is 38.1 Å². The number of rotatable bonds is 4. The zero-order chi connectivity index (χ0) is 15.6. The van der Waals surface area contributed by atoms with Crippen LogP contribution in [0.25, 0.3) is 6.08 Å². The van der Waals surface area contributed by atoms with Crippen molar-refractivity contribution in [2.75, 3.05) is 0 Å². The van der Waals surface area contributed by atoms with Crippen molar-refractivity contribution in [3.05, 3.63) is 41.5 Å². The largest absolute Gasteiger partial charge is 0.478 e. The van der Waals surface area contributed by atoms with Crippen molar-refractivity contribution in [3.63, 3.8) is 0 Å². The van der Waals surface area contributed by atoms with E-state index in [1.54, 1.807) is 38.1 Å². The minimum absolute atomic E-state index is 0.137. The second kappa shape index (κ2) is 5.91. The van der Waals surface area contributed by atoms with Crippen molar-refractivity contribution in [2.45, 2.75) is 20.4 Å². The van der Waals surface area contributed by atoms with Gasteiger partial charge in [0.15, 0.2) is 0 Å². The lowest BCUT2D eigenvalue weighted by Gasteiger charge is -2.14. The van der Waals surface area contributed by atoms with Gasteiger partial charge in [0.05, 0.1) is 6.54 Å². The van der Waals surface area contributed by atoms with Crippen LogP contribution < -0.4 is 0 Å². The summed E-state index contributed by atoms with van der Waals surface area (Å²) < 4.78 is 0. The predicted molar refractivity (Wildman–Crippen MR) is 77.0 cm³/mol. The van der Waals surface area contributed by atoms with Gasteiger partial charge >= 0.3 is 5.97 Å². The summed E-state index contributed by atoms with van der Waals surface area (Å²) in [5, 5.41) is 8.56. The first-order valence-electron chi connectivity index (χ1n) is 6.75. The standard InChI is InChI=1S/C16H17NO4/c1-10-11(2)16(21)17(15(10)20)9-13-5-3-12(4-6-13)7-8-14(18)19/h3-8,10-11H,9H2,1-2H3,(H,18,19). The van der Waals surface area contributed by atoms with E-state index < -0.39 is 5.97 Å². The third-order valence-electron chi connectivity index (χ3n) is 3.80. The lowest BCUT2D eigenvalue weighted by molar-refractivity contribution is -0.140. The lowest BCUT2D eigenvalue weighted by atomic mass is 10.00. The van der Waals surface area contributed by atoms with Gasteiger partial charge < -0.3 is 5.11 Å². The second-order valence-electron chi connectivity index (χ2n) is 5.25. The summed E-state index contributed by atoms with van der Waals surface area (Å²) in [6, 6.07) is 7.09. The average molecular weight is 287 g/mol. The number of hydrogen-bond acceptors (Lipinski definition) is 3. The van der Waals surface area contributed by atoms with Crippen LogP contribution in [0.2, 0.25) is 0 Å². The quantitative estimate of drug-likeness (QED) is 0.678. The van der Waals surface area contributed by atoms with Crippen molar-refractivity contribution < 1.29 is 19.5 Å². The molecule has 2 amide bonds. The Bertz CT molecular complexity index is 583. The first-order chi connectivity index (χ1) is 9.90. The molecule has 0 radical (unpaired) electrons. The summed E-state index contributed by atoms with van der Waals surface area (Å²) in [5.74, 6) is -1.81. The molecule has 1 N–H and O–H groups in total. The van der Waals surface area contributed by atoms with E-state index >= 15 is 0 Å². The fourth-order valence-corrected chi connectivity index (χ4v) is 2.27. The molecule has 110 valence electrons. The molecule has 1 aliphatic heterocycles. The van der Waals surface area contributed by atoms with Crippen molar-refractivity contribution in [2.24, 2.45) is 11.8 Å². The molecule has 1 saturated heterocycles. The van der Waals surface area contributed by atoms with Crippen LogP contribution in [0.3, 0.4) is 0 Å². The molecule has 5 nitrogen and oxygen atoms in total. The fraction of sp³-hybridized carbons (Fsp3) is 0.312. The van der Waals surface area contributed by atoms with E-state index in [-0.39, 0.29) is 30.2 Å². The van der Waals surface area contributed by atoms with E-state index in [0.717, 1.165) is 17.2 Å². The van der Waals surface area contributed by atoms with Crippen LogP contribution >= 0.6 is 0 Å². The molecule has 5 heteroatoms. The normalized spacial score (nSPS) is 22.3. The smallest absolute Gasteiger partial charge is 0.328 e. The number of carboxylic acids is 1.